The van der Waals surface area contributed by atoms with E-state index in [1.54, 1.807) is 0 Å². The van der Waals surface area contributed by atoms with E-state index < -0.39 is 0 Å². The first-order valence-corrected chi connectivity index (χ1v) is 7.67. The molecule has 0 aliphatic carbocycles. The largest absolute Gasteiger partial charge is 0.343 e. The Morgan fingerprint density at radius 3 is 2.52 bits per heavy atom. The van der Waals surface area contributed by atoms with E-state index in [-0.39, 0.29) is 0 Å². The minimum Gasteiger partial charge on any atom is -0.343 e. The van der Waals surface area contributed by atoms with E-state index in [1.807, 2.05) is 12.1 Å². The summed E-state index contributed by atoms with van der Waals surface area (Å²) in [7, 11) is 0. The molecule has 0 unspecified atom stereocenters. The third kappa shape index (κ3) is 3.29. The van der Waals surface area contributed by atoms with Gasteiger partial charge >= 0.3 is 0 Å². The van der Waals surface area contributed by atoms with E-state index in [0.29, 0.717) is 0 Å². The van der Waals surface area contributed by atoms with Gasteiger partial charge in [0.2, 0.25) is 0 Å². The fraction of sp³-hybridized carbons (Fsp3) is 0.222. The van der Waals surface area contributed by atoms with Gasteiger partial charge in [0, 0.05) is 29.8 Å². The molecule has 108 valence electrons. The maximum atomic E-state index is 5.93. The van der Waals surface area contributed by atoms with Crippen molar-refractivity contribution < 1.29 is 0 Å². The fourth-order valence-corrected chi connectivity index (χ4v) is 2.68. The summed E-state index contributed by atoms with van der Waals surface area (Å²) >= 11 is 5.93. The van der Waals surface area contributed by atoms with Crippen molar-refractivity contribution in [3.63, 3.8) is 0 Å². The summed E-state index contributed by atoms with van der Waals surface area (Å²) in [6.45, 7) is 4.92. The molecule has 0 radical (unpaired) electrons. The Kier molecular flexibility index (Phi) is 4.28. The standard InChI is InChI=1S/C18H19ClN2/c1-2-20-12-15-5-8-18-16(11-15)9-10-21(18)13-14-3-6-17(19)7-4-14/h3-11,20H,2,12-13H2,1H3. The number of hydrogen-bond acceptors (Lipinski definition) is 1. The summed E-state index contributed by atoms with van der Waals surface area (Å²) in [6, 6.07) is 16.9. The molecule has 3 rings (SSSR count). The Balaban J connectivity index is 1.84. The van der Waals surface area contributed by atoms with Gasteiger partial charge < -0.3 is 9.88 Å². The van der Waals surface area contributed by atoms with E-state index >= 15 is 0 Å². The van der Waals surface area contributed by atoms with E-state index in [1.165, 1.54) is 22.0 Å². The number of nitrogens with one attached hydrogen (secondary N) is 1. The van der Waals surface area contributed by atoms with Crippen molar-refractivity contribution in [2.45, 2.75) is 20.0 Å². The van der Waals surface area contributed by atoms with E-state index in [4.69, 9.17) is 11.6 Å². The van der Waals surface area contributed by atoms with Gasteiger partial charge in [-0.3, -0.25) is 0 Å². The quantitative estimate of drug-likeness (QED) is 0.736. The third-order valence-electron chi connectivity index (χ3n) is 3.68. The molecule has 3 aromatic rings. The molecule has 1 N–H and O–H groups in total. The van der Waals surface area contributed by atoms with Gasteiger partial charge in [-0.15, -0.1) is 0 Å². The molecule has 0 amide bonds. The van der Waals surface area contributed by atoms with Gasteiger partial charge in [0.25, 0.3) is 0 Å². The van der Waals surface area contributed by atoms with Crippen molar-refractivity contribution in [2.75, 3.05) is 6.54 Å². The first-order chi connectivity index (χ1) is 10.3. The molecular formula is C18H19ClN2. The Morgan fingerprint density at radius 1 is 1.00 bits per heavy atom. The summed E-state index contributed by atoms with van der Waals surface area (Å²) in [6.07, 6.45) is 2.15. The second kappa shape index (κ2) is 6.33. The number of nitrogens with zero attached hydrogens (tertiary/aromatic N) is 1. The Hall–Kier alpha value is -1.77. The summed E-state index contributed by atoms with van der Waals surface area (Å²) < 4.78 is 2.27. The Labute approximate surface area is 130 Å². The minimum atomic E-state index is 0.782. The van der Waals surface area contributed by atoms with Crippen molar-refractivity contribution >= 4 is 22.5 Å². The van der Waals surface area contributed by atoms with Crippen LogP contribution >= 0.6 is 11.6 Å². The van der Waals surface area contributed by atoms with Crippen molar-refractivity contribution in [1.29, 1.82) is 0 Å². The minimum absolute atomic E-state index is 0.782. The van der Waals surface area contributed by atoms with Crippen LogP contribution in [0.1, 0.15) is 18.1 Å². The van der Waals surface area contributed by atoms with Gasteiger partial charge in [-0.05, 0) is 53.4 Å². The third-order valence-corrected chi connectivity index (χ3v) is 3.93. The predicted molar refractivity (Wildman–Crippen MR) is 89.9 cm³/mol. The zero-order valence-electron chi connectivity index (χ0n) is 12.1. The number of benzene rings is 2. The van der Waals surface area contributed by atoms with Crippen molar-refractivity contribution in [2.24, 2.45) is 0 Å². The van der Waals surface area contributed by atoms with E-state index in [2.05, 4.69) is 59.4 Å². The predicted octanol–water partition coefficient (Wildman–Crippen LogP) is 4.45. The molecule has 21 heavy (non-hydrogen) atoms. The van der Waals surface area contributed by atoms with E-state index in [9.17, 15) is 0 Å². The van der Waals surface area contributed by atoms with Gasteiger partial charge in [0.15, 0.2) is 0 Å². The van der Waals surface area contributed by atoms with Crippen LogP contribution in [0, 0.1) is 0 Å². The number of fused-ring (bicyclic) bond motifs is 1. The smallest absolute Gasteiger partial charge is 0.0483 e. The lowest BCUT2D eigenvalue weighted by Crippen LogP contribution is -2.11. The van der Waals surface area contributed by atoms with Crippen LogP contribution in [-0.2, 0) is 13.1 Å². The van der Waals surface area contributed by atoms with Crippen LogP contribution in [0.25, 0.3) is 10.9 Å². The molecule has 2 aromatic carbocycles. The number of rotatable bonds is 5. The highest BCUT2D eigenvalue weighted by molar-refractivity contribution is 6.30. The maximum Gasteiger partial charge on any atom is 0.0483 e. The molecule has 0 bridgehead atoms. The van der Waals surface area contributed by atoms with Crippen LogP contribution in [0.15, 0.2) is 54.7 Å². The topological polar surface area (TPSA) is 17.0 Å². The molecule has 1 aromatic heterocycles. The lowest BCUT2D eigenvalue weighted by atomic mass is 10.1. The highest BCUT2D eigenvalue weighted by Gasteiger charge is 2.03. The molecule has 3 heteroatoms. The summed E-state index contributed by atoms with van der Waals surface area (Å²) in [5.41, 5.74) is 3.85. The van der Waals surface area contributed by atoms with Crippen molar-refractivity contribution in [1.82, 2.24) is 9.88 Å². The lowest BCUT2D eigenvalue weighted by molar-refractivity contribution is 0.727. The van der Waals surface area contributed by atoms with Gasteiger partial charge in [-0.25, -0.2) is 0 Å². The Morgan fingerprint density at radius 2 is 1.76 bits per heavy atom. The molecular weight excluding hydrogens is 280 g/mol. The van der Waals surface area contributed by atoms with Crippen LogP contribution in [0.3, 0.4) is 0 Å². The van der Waals surface area contributed by atoms with E-state index in [0.717, 1.165) is 24.7 Å². The first kappa shape index (κ1) is 14.2. The van der Waals surface area contributed by atoms with Crippen molar-refractivity contribution in [3.05, 3.63) is 70.9 Å². The SMILES string of the molecule is CCNCc1ccc2c(ccn2Cc2ccc(Cl)cc2)c1. The Bertz CT molecular complexity index is 729. The van der Waals surface area contributed by atoms with Crippen LogP contribution in [0.4, 0.5) is 0 Å². The zero-order valence-corrected chi connectivity index (χ0v) is 12.9. The maximum absolute atomic E-state index is 5.93. The molecule has 0 aliphatic rings. The molecule has 1 heterocycles. The highest BCUT2D eigenvalue weighted by atomic mass is 35.5. The molecule has 2 nitrogen and oxygen atoms in total. The van der Waals surface area contributed by atoms with Gasteiger partial charge in [-0.1, -0.05) is 36.7 Å². The monoisotopic (exact) mass is 298 g/mol. The van der Waals surface area contributed by atoms with Crippen LogP contribution < -0.4 is 5.32 Å². The van der Waals surface area contributed by atoms with Crippen LogP contribution in [0.5, 0.6) is 0 Å². The van der Waals surface area contributed by atoms with Gasteiger partial charge in [0.1, 0.15) is 0 Å². The normalized spacial score (nSPS) is 11.1. The van der Waals surface area contributed by atoms with Crippen LogP contribution in [-0.4, -0.2) is 11.1 Å². The molecule has 0 saturated carbocycles. The summed E-state index contributed by atoms with van der Waals surface area (Å²) in [4.78, 5) is 0. The number of hydrogen-bond donors (Lipinski definition) is 1. The van der Waals surface area contributed by atoms with Crippen molar-refractivity contribution in [3.8, 4) is 0 Å². The van der Waals surface area contributed by atoms with Crippen LogP contribution in [0.2, 0.25) is 5.02 Å². The number of aromatic nitrogens is 1. The fourth-order valence-electron chi connectivity index (χ4n) is 2.55. The second-order valence-corrected chi connectivity index (χ2v) is 5.68. The average Bonchev–Trinajstić information content (AvgIpc) is 2.90. The second-order valence-electron chi connectivity index (χ2n) is 5.24. The van der Waals surface area contributed by atoms with Gasteiger partial charge in [-0.2, -0.15) is 0 Å². The highest BCUT2D eigenvalue weighted by Crippen LogP contribution is 2.20. The van der Waals surface area contributed by atoms with Gasteiger partial charge in [0.05, 0.1) is 0 Å². The molecule has 0 aliphatic heterocycles. The molecule has 0 fully saturated rings. The lowest BCUT2D eigenvalue weighted by Gasteiger charge is -2.07. The zero-order chi connectivity index (χ0) is 14.7. The molecule has 0 spiro atoms. The first-order valence-electron chi connectivity index (χ1n) is 7.29. The number of halogens is 1. The molecule has 0 saturated heterocycles. The summed E-state index contributed by atoms with van der Waals surface area (Å²) in [5.74, 6) is 0. The average molecular weight is 299 g/mol. The summed E-state index contributed by atoms with van der Waals surface area (Å²) in [5, 5.41) is 5.43. The molecule has 0 atom stereocenters.